The molecule has 0 saturated carbocycles. The molecule has 0 atom stereocenters. The number of aldehydes is 2. The molecule has 0 bridgehead atoms. The van der Waals surface area contributed by atoms with Crippen LogP contribution in [0, 0.1) is 0 Å². The van der Waals surface area contributed by atoms with E-state index in [-0.39, 0.29) is 88.4 Å². The average molecular weight is 645 g/mol. The molecule has 0 spiro atoms. The molecule has 0 fully saturated rings. The lowest BCUT2D eigenvalue weighted by molar-refractivity contribution is -0.144. The maximum atomic E-state index is 12.3. The van der Waals surface area contributed by atoms with Crippen LogP contribution in [0.2, 0.25) is 0 Å². The quantitative estimate of drug-likeness (QED) is 0.0843. The van der Waals surface area contributed by atoms with Crippen molar-refractivity contribution in [1.29, 1.82) is 0 Å². The first-order valence-corrected chi connectivity index (χ1v) is 14.8. The first-order valence-electron chi connectivity index (χ1n) is 14.8. The highest BCUT2D eigenvalue weighted by atomic mass is 16.5. The summed E-state index contributed by atoms with van der Waals surface area (Å²) >= 11 is 0. The molecule has 2 rings (SSSR count). The van der Waals surface area contributed by atoms with Gasteiger partial charge in [0.05, 0.1) is 37.8 Å². The first kappa shape index (κ1) is 37.0. The average Bonchev–Trinajstić information content (AvgIpc) is 3.02. The Labute approximate surface area is 267 Å². The third-order valence-electron chi connectivity index (χ3n) is 6.02. The van der Waals surface area contributed by atoms with Gasteiger partial charge in [-0.25, -0.2) is 0 Å². The molecule has 2 aromatic rings. The molecule has 0 radical (unpaired) electrons. The molecule has 0 aromatic heterocycles. The Morgan fingerprint density at radius 1 is 0.543 bits per heavy atom. The van der Waals surface area contributed by atoms with E-state index >= 15 is 0 Å². The van der Waals surface area contributed by atoms with Crippen molar-refractivity contribution in [3.05, 3.63) is 47.5 Å². The minimum Gasteiger partial charge on any atom is -0.488 e. The molecule has 0 saturated heterocycles. The zero-order valence-corrected chi connectivity index (χ0v) is 26.5. The van der Waals surface area contributed by atoms with Crippen LogP contribution in [0.15, 0.2) is 36.4 Å². The van der Waals surface area contributed by atoms with Gasteiger partial charge < -0.3 is 38.2 Å². The standard InChI is InChI=1S/C32H40N2O12/c1-5-41-29(37)17-33(18-30(38)42-6-2)25-11-9-23(21-35)15-27(25)45-13-14-46-28-16-24(22-36)10-12-26(28)34(19-31(39)43-7-3)20-32(40)44-8-4/h9-12,15-16,21-22H,5-8,13-14,17-20H2,1-4H3. The van der Waals surface area contributed by atoms with Gasteiger partial charge in [0, 0.05) is 11.1 Å². The minimum atomic E-state index is -0.585. The van der Waals surface area contributed by atoms with E-state index in [1.54, 1.807) is 27.7 Å². The lowest BCUT2D eigenvalue weighted by atomic mass is 10.2. The van der Waals surface area contributed by atoms with E-state index in [9.17, 15) is 28.8 Å². The number of nitrogens with zero attached hydrogens (tertiary/aromatic N) is 2. The van der Waals surface area contributed by atoms with Gasteiger partial charge in [-0.2, -0.15) is 0 Å². The molecule has 0 N–H and O–H groups in total. The van der Waals surface area contributed by atoms with Crippen molar-refractivity contribution in [3.8, 4) is 11.5 Å². The van der Waals surface area contributed by atoms with Crippen molar-refractivity contribution >= 4 is 47.8 Å². The zero-order valence-electron chi connectivity index (χ0n) is 26.5. The molecule has 0 amide bonds. The minimum absolute atomic E-state index is 0.0948. The Balaban J connectivity index is 2.33. The lowest BCUT2D eigenvalue weighted by Crippen LogP contribution is -2.36. The lowest BCUT2D eigenvalue weighted by Gasteiger charge is -2.26. The fraction of sp³-hybridized carbons (Fsp3) is 0.438. The highest BCUT2D eigenvalue weighted by Gasteiger charge is 2.23. The van der Waals surface area contributed by atoms with Gasteiger partial charge in [-0.3, -0.25) is 28.8 Å². The van der Waals surface area contributed by atoms with E-state index in [2.05, 4.69) is 0 Å². The molecule has 0 heterocycles. The number of hydrogen-bond donors (Lipinski definition) is 0. The number of hydrogen-bond acceptors (Lipinski definition) is 14. The van der Waals surface area contributed by atoms with Crippen molar-refractivity contribution in [2.45, 2.75) is 27.7 Å². The molecule has 14 heteroatoms. The van der Waals surface area contributed by atoms with Gasteiger partial charge in [0.15, 0.2) is 0 Å². The van der Waals surface area contributed by atoms with Gasteiger partial charge >= 0.3 is 23.9 Å². The topological polar surface area (TPSA) is 164 Å². The van der Waals surface area contributed by atoms with Gasteiger partial charge in [0.25, 0.3) is 0 Å². The highest BCUT2D eigenvalue weighted by molar-refractivity contribution is 5.85. The van der Waals surface area contributed by atoms with E-state index < -0.39 is 23.9 Å². The van der Waals surface area contributed by atoms with Gasteiger partial charge in [0.2, 0.25) is 0 Å². The van der Waals surface area contributed by atoms with Crippen LogP contribution in [0.25, 0.3) is 0 Å². The van der Waals surface area contributed by atoms with Gasteiger partial charge in [-0.05, 0) is 64.1 Å². The van der Waals surface area contributed by atoms with Crippen molar-refractivity contribution in [1.82, 2.24) is 0 Å². The number of anilines is 2. The summed E-state index contributed by atoms with van der Waals surface area (Å²) in [6.07, 6.45) is 1.24. The van der Waals surface area contributed by atoms with Crippen LogP contribution in [-0.4, -0.2) is 102 Å². The second-order valence-electron chi connectivity index (χ2n) is 9.32. The van der Waals surface area contributed by atoms with E-state index in [1.165, 1.54) is 46.2 Å². The van der Waals surface area contributed by atoms with Crippen LogP contribution in [0.1, 0.15) is 48.4 Å². The number of carbonyl (C=O) groups is 6. The van der Waals surface area contributed by atoms with Crippen molar-refractivity contribution in [2.75, 3.05) is 75.6 Å². The summed E-state index contributed by atoms with van der Waals surface area (Å²) in [7, 11) is 0. The fourth-order valence-corrected chi connectivity index (χ4v) is 4.17. The van der Waals surface area contributed by atoms with E-state index in [1.807, 2.05) is 0 Å². The SMILES string of the molecule is CCOC(=O)CN(CC(=O)OCC)c1ccc(C=O)cc1OCCOc1cc(C=O)ccc1N(CC(=O)OCC)CC(=O)OCC. The summed E-state index contributed by atoms with van der Waals surface area (Å²) in [5, 5.41) is 0. The summed E-state index contributed by atoms with van der Waals surface area (Å²) in [6, 6.07) is 8.98. The fourth-order valence-electron chi connectivity index (χ4n) is 4.17. The number of ether oxygens (including phenoxy) is 6. The summed E-state index contributed by atoms with van der Waals surface area (Å²) in [5.41, 5.74) is 1.21. The van der Waals surface area contributed by atoms with Crippen LogP contribution in [0.3, 0.4) is 0 Å². The van der Waals surface area contributed by atoms with Crippen molar-refractivity contribution in [2.24, 2.45) is 0 Å². The molecular formula is C32H40N2O12. The highest BCUT2D eigenvalue weighted by Crippen LogP contribution is 2.31. The van der Waals surface area contributed by atoms with Gasteiger partial charge in [-0.15, -0.1) is 0 Å². The Morgan fingerprint density at radius 3 is 1.11 bits per heavy atom. The summed E-state index contributed by atoms with van der Waals surface area (Å²) < 4.78 is 32.1. The Kier molecular flexibility index (Phi) is 16.1. The van der Waals surface area contributed by atoms with E-state index in [0.717, 1.165) is 0 Å². The molecule has 46 heavy (non-hydrogen) atoms. The van der Waals surface area contributed by atoms with Crippen LogP contribution < -0.4 is 19.3 Å². The third-order valence-corrected chi connectivity index (χ3v) is 6.02. The molecule has 2 aromatic carbocycles. The number of rotatable bonds is 21. The molecule has 0 aliphatic carbocycles. The summed E-state index contributed by atoms with van der Waals surface area (Å²) in [4.78, 5) is 75.3. The van der Waals surface area contributed by atoms with Crippen molar-refractivity contribution in [3.63, 3.8) is 0 Å². The predicted octanol–water partition coefficient (Wildman–Crippen LogP) is 2.63. The molecule has 0 unspecified atom stereocenters. The van der Waals surface area contributed by atoms with Gasteiger partial charge in [0.1, 0.15) is 63.5 Å². The second kappa shape index (κ2) is 20.0. The number of benzene rings is 2. The van der Waals surface area contributed by atoms with Crippen LogP contribution in [0.5, 0.6) is 11.5 Å². The second-order valence-corrected chi connectivity index (χ2v) is 9.32. The molecule has 250 valence electrons. The summed E-state index contributed by atoms with van der Waals surface area (Å²) in [5.74, 6) is -1.99. The van der Waals surface area contributed by atoms with Crippen LogP contribution in [0.4, 0.5) is 11.4 Å². The predicted molar refractivity (Wildman–Crippen MR) is 166 cm³/mol. The molecular weight excluding hydrogens is 604 g/mol. The number of esters is 4. The third kappa shape index (κ3) is 12.1. The normalized spacial score (nSPS) is 10.3. The molecule has 0 aliphatic heterocycles. The molecule has 0 aliphatic rings. The largest absolute Gasteiger partial charge is 0.488 e. The summed E-state index contributed by atoms with van der Waals surface area (Å²) in [6.45, 7) is 5.83. The Bertz CT molecular complexity index is 1200. The maximum absolute atomic E-state index is 12.3. The monoisotopic (exact) mass is 644 g/mol. The van der Waals surface area contributed by atoms with E-state index in [0.29, 0.717) is 23.9 Å². The van der Waals surface area contributed by atoms with Crippen LogP contribution >= 0.6 is 0 Å². The zero-order chi connectivity index (χ0) is 33.9. The maximum Gasteiger partial charge on any atom is 0.325 e. The Morgan fingerprint density at radius 2 is 0.848 bits per heavy atom. The van der Waals surface area contributed by atoms with E-state index in [4.69, 9.17) is 28.4 Å². The molecule has 14 nitrogen and oxygen atoms in total. The first-order chi connectivity index (χ1) is 22.2. The Hall–Kier alpha value is -5.14. The van der Waals surface area contributed by atoms with Crippen LogP contribution in [-0.2, 0) is 38.1 Å². The smallest absolute Gasteiger partial charge is 0.325 e. The number of carbonyl (C=O) groups excluding carboxylic acids is 6. The van der Waals surface area contributed by atoms with Crippen molar-refractivity contribution < 1.29 is 57.2 Å². The van der Waals surface area contributed by atoms with Gasteiger partial charge in [-0.1, -0.05) is 0 Å².